The summed E-state index contributed by atoms with van der Waals surface area (Å²) >= 11 is 0. The third-order valence-electron chi connectivity index (χ3n) is 14.3. The minimum atomic E-state index is -0.0484. The number of hydrogen-bond donors (Lipinski definition) is 1. The van der Waals surface area contributed by atoms with E-state index in [1.807, 2.05) is 0 Å². The maximum atomic E-state index is 12.1. The fraction of sp³-hybridized carbons (Fsp3) is 1.00. The Labute approximate surface area is 192 Å². The van der Waals surface area contributed by atoms with E-state index in [9.17, 15) is 5.11 Å². The molecule has 0 radical (unpaired) electrons. The summed E-state index contributed by atoms with van der Waals surface area (Å²) in [5.74, 6) is 4.12. The van der Waals surface area contributed by atoms with E-state index in [1.54, 1.807) is 0 Å². The smallest absolute Gasteiger partial charge is 0.0610 e. The lowest BCUT2D eigenvalue weighted by Crippen LogP contribution is -2.66. The Balaban J connectivity index is 1.42. The SMILES string of the molecule is CC(C)[C@H]1CC[C@@H]2[C@]1(C)CC[C@]1(C)[C@H]3CC[C@H]4C(C)(C)CCC[C@@]45C[C@]35[C@@H](O)C[C@@]21C. The molecular weight excluding hydrogens is 376 g/mol. The third kappa shape index (κ3) is 2.17. The van der Waals surface area contributed by atoms with Gasteiger partial charge in [0.2, 0.25) is 0 Å². The van der Waals surface area contributed by atoms with Crippen LogP contribution >= 0.6 is 0 Å². The number of aliphatic hydroxyl groups excluding tert-OH is 1. The second-order valence-corrected chi connectivity index (χ2v) is 15.4. The lowest BCUT2D eigenvalue weighted by molar-refractivity contribution is -0.242. The van der Waals surface area contributed by atoms with Crippen molar-refractivity contribution in [2.24, 2.45) is 62.1 Å². The van der Waals surface area contributed by atoms with Crippen molar-refractivity contribution in [3.05, 3.63) is 0 Å². The third-order valence-corrected chi connectivity index (χ3v) is 14.3. The van der Waals surface area contributed by atoms with Crippen molar-refractivity contribution < 1.29 is 5.11 Å². The summed E-state index contributed by atoms with van der Waals surface area (Å²) in [7, 11) is 0. The van der Waals surface area contributed by atoms with Crippen LogP contribution in [0.1, 0.15) is 119 Å². The zero-order valence-electron chi connectivity index (χ0n) is 21.7. The Morgan fingerprint density at radius 1 is 0.742 bits per heavy atom. The summed E-state index contributed by atoms with van der Waals surface area (Å²) in [6.07, 6.45) is 15.2. The molecular formula is C30H50O. The van der Waals surface area contributed by atoms with Gasteiger partial charge in [-0.3, -0.25) is 0 Å². The first kappa shape index (κ1) is 21.5. The lowest BCUT2D eigenvalue weighted by Gasteiger charge is -2.70. The number of rotatable bonds is 1. The minimum Gasteiger partial charge on any atom is -0.392 e. The normalized spacial score (nSPS) is 61.6. The molecule has 31 heavy (non-hydrogen) atoms. The minimum absolute atomic E-state index is 0.0484. The van der Waals surface area contributed by atoms with E-state index < -0.39 is 0 Å². The zero-order valence-corrected chi connectivity index (χ0v) is 21.7. The van der Waals surface area contributed by atoms with Gasteiger partial charge in [-0.1, -0.05) is 54.9 Å². The molecule has 0 aromatic heterocycles. The van der Waals surface area contributed by atoms with E-state index >= 15 is 0 Å². The van der Waals surface area contributed by atoms with Crippen molar-refractivity contribution in [1.29, 1.82) is 0 Å². The van der Waals surface area contributed by atoms with Gasteiger partial charge in [0, 0.05) is 5.41 Å². The Kier molecular flexibility index (Phi) is 4.13. The quantitative estimate of drug-likeness (QED) is 0.452. The molecule has 176 valence electrons. The van der Waals surface area contributed by atoms with E-state index in [-0.39, 0.29) is 11.5 Å². The molecule has 6 saturated carbocycles. The van der Waals surface area contributed by atoms with E-state index in [2.05, 4.69) is 48.5 Å². The molecule has 0 bridgehead atoms. The van der Waals surface area contributed by atoms with E-state index in [0.717, 1.165) is 36.0 Å². The van der Waals surface area contributed by atoms with E-state index in [1.165, 1.54) is 64.2 Å². The molecule has 2 spiro atoms. The highest BCUT2D eigenvalue weighted by Crippen LogP contribution is 2.89. The highest BCUT2D eigenvalue weighted by atomic mass is 16.3. The Morgan fingerprint density at radius 3 is 2.13 bits per heavy atom. The van der Waals surface area contributed by atoms with Crippen LogP contribution in [-0.2, 0) is 0 Å². The van der Waals surface area contributed by atoms with Crippen molar-refractivity contribution in [1.82, 2.24) is 0 Å². The Morgan fingerprint density at radius 2 is 1.42 bits per heavy atom. The number of aliphatic hydroxyl groups is 1. The molecule has 10 atom stereocenters. The van der Waals surface area contributed by atoms with E-state index in [4.69, 9.17) is 0 Å². The monoisotopic (exact) mass is 426 g/mol. The topological polar surface area (TPSA) is 20.2 Å². The van der Waals surface area contributed by atoms with Crippen LogP contribution in [0.4, 0.5) is 0 Å². The van der Waals surface area contributed by atoms with Crippen LogP contribution < -0.4 is 0 Å². The molecule has 1 heteroatoms. The molecule has 0 unspecified atom stereocenters. The van der Waals surface area contributed by atoms with Crippen molar-refractivity contribution in [2.45, 2.75) is 125 Å². The van der Waals surface area contributed by atoms with Crippen LogP contribution in [0, 0.1) is 62.1 Å². The molecule has 6 rings (SSSR count). The second kappa shape index (κ2) is 5.95. The molecule has 0 heterocycles. The summed E-state index contributed by atoms with van der Waals surface area (Å²) in [5, 5.41) is 12.1. The molecule has 1 nitrogen and oxygen atoms in total. The predicted molar refractivity (Wildman–Crippen MR) is 129 cm³/mol. The lowest BCUT2D eigenvalue weighted by atomic mass is 9.34. The highest BCUT2D eigenvalue weighted by Gasteiger charge is 2.84. The maximum absolute atomic E-state index is 12.1. The fourth-order valence-electron chi connectivity index (χ4n) is 13.0. The summed E-state index contributed by atoms with van der Waals surface area (Å²) < 4.78 is 0. The van der Waals surface area contributed by atoms with Gasteiger partial charge in [-0.05, 0) is 121 Å². The van der Waals surface area contributed by atoms with Crippen LogP contribution in [0.2, 0.25) is 0 Å². The van der Waals surface area contributed by atoms with Crippen LogP contribution in [-0.4, -0.2) is 11.2 Å². The average molecular weight is 427 g/mol. The Hall–Kier alpha value is -0.0400. The average Bonchev–Trinajstić information content (AvgIpc) is 3.22. The standard InChI is InChI=1S/C30H50O/c1-19(2)20-9-10-22-26(20,5)15-16-27(6)23-12-11-21-25(3,4)13-8-14-29(21)18-30(23,29)24(31)17-28(22,27)7/h19-24,31H,8-18H2,1-7H3/t20-,21+,22-,23-,24+,26-,27-,28+,29-,30-/m1/s1. The van der Waals surface area contributed by atoms with Gasteiger partial charge in [0.15, 0.2) is 0 Å². The van der Waals surface area contributed by atoms with E-state index in [0.29, 0.717) is 27.1 Å². The van der Waals surface area contributed by atoms with Crippen LogP contribution in [0.25, 0.3) is 0 Å². The Bertz CT molecular complexity index is 783. The molecule has 0 amide bonds. The maximum Gasteiger partial charge on any atom is 0.0610 e. The zero-order chi connectivity index (χ0) is 22.2. The predicted octanol–water partition coefficient (Wildman–Crippen LogP) is 7.86. The van der Waals surface area contributed by atoms with Crippen molar-refractivity contribution in [3.63, 3.8) is 0 Å². The highest BCUT2D eigenvalue weighted by molar-refractivity contribution is 5.32. The number of hydrogen-bond acceptors (Lipinski definition) is 1. The first-order chi connectivity index (χ1) is 14.4. The van der Waals surface area contributed by atoms with Crippen molar-refractivity contribution in [2.75, 3.05) is 0 Å². The van der Waals surface area contributed by atoms with Crippen molar-refractivity contribution in [3.8, 4) is 0 Å². The molecule has 0 aromatic carbocycles. The second-order valence-electron chi connectivity index (χ2n) is 15.4. The molecule has 6 fully saturated rings. The molecule has 1 N–H and O–H groups in total. The first-order valence-electron chi connectivity index (χ1n) is 14.1. The van der Waals surface area contributed by atoms with Gasteiger partial charge in [-0.2, -0.15) is 0 Å². The van der Waals surface area contributed by atoms with Gasteiger partial charge in [-0.15, -0.1) is 0 Å². The van der Waals surface area contributed by atoms with Gasteiger partial charge in [0.25, 0.3) is 0 Å². The largest absolute Gasteiger partial charge is 0.392 e. The molecule has 0 aromatic rings. The summed E-state index contributed by atoms with van der Waals surface area (Å²) in [6.45, 7) is 18.1. The van der Waals surface area contributed by atoms with Crippen LogP contribution in [0.5, 0.6) is 0 Å². The van der Waals surface area contributed by atoms with Crippen molar-refractivity contribution >= 4 is 0 Å². The number of fused-ring (bicyclic) bond motifs is 4. The van der Waals surface area contributed by atoms with Gasteiger partial charge < -0.3 is 5.11 Å². The van der Waals surface area contributed by atoms with Gasteiger partial charge in [0.1, 0.15) is 0 Å². The molecule has 6 aliphatic rings. The summed E-state index contributed by atoms with van der Waals surface area (Å²) in [6, 6.07) is 0. The molecule has 0 aliphatic heterocycles. The van der Waals surface area contributed by atoms with Crippen LogP contribution in [0.15, 0.2) is 0 Å². The molecule has 6 aliphatic carbocycles. The molecule has 0 saturated heterocycles. The van der Waals surface area contributed by atoms with Gasteiger partial charge >= 0.3 is 0 Å². The van der Waals surface area contributed by atoms with Gasteiger partial charge in [0.05, 0.1) is 6.10 Å². The summed E-state index contributed by atoms with van der Waals surface area (Å²) in [4.78, 5) is 0. The van der Waals surface area contributed by atoms with Gasteiger partial charge in [-0.25, -0.2) is 0 Å². The summed E-state index contributed by atoms with van der Waals surface area (Å²) in [5.41, 5.74) is 2.48. The fourth-order valence-corrected chi connectivity index (χ4v) is 13.0. The first-order valence-corrected chi connectivity index (χ1v) is 14.1. The van der Waals surface area contributed by atoms with Crippen LogP contribution in [0.3, 0.4) is 0 Å².